The van der Waals surface area contributed by atoms with E-state index in [-0.39, 0.29) is 6.10 Å². The van der Waals surface area contributed by atoms with Gasteiger partial charge < -0.3 is 14.8 Å². The van der Waals surface area contributed by atoms with E-state index in [9.17, 15) is 9.59 Å². The molecular formula is C21H28BrNO4. The van der Waals surface area contributed by atoms with Gasteiger partial charge >= 0.3 is 12.1 Å². The van der Waals surface area contributed by atoms with Crippen molar-refractivity contribution in [3.63, 3.8) is 0 Å². The fourth-order valence-corrected chi connectivity index (χ4v) is 3.09. The van der Waals surface area contributed by atoms with Gasteiger partial charge in [-0.2, -0.15) is 0 Å². The number of alkyl carbamates (subject to hydrolysis) is 1. The summed E-state index contributed by atoms with van der Waals surface area (Å²) in [6, 6.07) is 7.06. The van der Waals surface area contributed by atoms with Gasteiger partial charge in [-0.25, -0.2) is 9.59 Å². The zero-order valence-electron chi connectivity index (χ0n) is 16.2. The van der Waals surface area contributed by atoms with Gasteiger partial charge in [-0.05, 0) is 70.6 Å². The number of nitrogens with one attached hydrogen (secondary N) is 1. The smallest absolute Gasteiger partial charge is 0.408 e. The van der Waals surface area contributed by atoms with Gasteiger partial charge in [0.25, 0.3) is 0 Å². The Bertz CT molecular complexity index is 658. The Balaban J connectivity index is 1.99. The van der Waals surface area contributed by atoms with Gasteiger partial charge in [-0.3, -0.25) is 0 Å². The van der Waals surface area contributed by atoms with Crippen LogP contribution in [0.2, 0.25) is 0 Å². The summed E-state index contributed by atoms with van der Waals surface area (Å²) in [5.74, 6) is -0.409. The molecule has 148 valence electrons. The van der Waals surface area contributed by atoms with Crippen molar-refractivity contribution in [2.24, 2.45) is 0 Å². The lowest BCUT2D eigenvalue weighted by atomic mass is 10.1. The molecule has 0 heterocycles. The molecule has 6 heteroatoms. The summed E-state index contributed by atoms with van der Waals surface area (Å²) < 4.78 is 11.9. The van der Waals surface area contributed by atoms with Crippen molar-refractivity contribution in [1.82, 2.24) is 5.32 Å². The maximum Gasteiger partial charge on any atom is 0.408 e. The van der Waals surface area contributed by atoms with Crippen LogP contribution in [-0.4, -0.2) is 29.8 Å². The molecule has 0 aromatic heterocycles. The van der Waals surface area contributed by atoms with Gasteiger partial charge in [0.1, 0.15) is 17.7 Å². The molecular weight excluding hydrogens is 410 g/mol. The number of carbonyl (C=O) groups is 2. The Labute approximate surface area is 169 Å². The lowest BCUT2D eigenvalue weighted by Gasteiger charge is -2.23. The first-order valence-corrected chi connectivity index (χ1v) is 10.1. The molecule has 1 aromatic carbocycles. The van der Waals surface area contributed by atoms with Crippen LogP contribution < -0.4 is 5.32 Å². The van der Waals surface area contributed by atoms with Crippen LogP contribution in [0.3, 0.4) is 0 Å². The standard InChI is InChI=1S/C21H28BrNO4/c1-21(2,3)27-20(25)23-18(19(24)26-17-8-4-5-9-17)10-6-7-15-11-13-16(22)14-12-15/h6-7,11-14,17-18H,4-5,8-10H2,1-3H3,(H,23,25)/t18-/m0/s1. The average molecular weight is 438 g/mol. The minimum atomic E-state index is -0.771. The van der Waals surface area contributed by atoms with E-state index in [1.165, 1.54) is 0 Å². The van der Waals surface area contributed by atoms with Crippen molar-refractivity contribution in [2.75, 3.05) is 0 Å². The van der Waals surface area contributed by atoms with Gasteiger partial charge in [0.15, 0.2) is 0 Å². The largest absolute Gasteiger partial charge is 0.461 e. The average Bonchev–Trinajstić information content (AvgIpc) is 3.07. The first kappa shape index (κ1) is 21.5. The SMILES string of the molecule is CC(C)(C)OC(=O)N[C@@H](CC=Cc1ccc(Br)cc1)C(=O)OC1CCCC1. The normalized spacial score (nSPS) is 16.3. The van der Waals surface area contributed by atoms with Crippen molar-refractivity contribution < 1.29 is 19.1 Å². The van der Waals surface area contributed by atoms with Crippen molar-refractivity contribution in [3.05, 3.63) is 40.4 Å². The van der Waals surface area contributed by atoms with Crippen LogP contribution in [-0.2, 0) is 14.3 Å². The molecule has 5 nitrogen and oxygen atoms in total. The molecule has 0 radical (unpaired) electrons. The molecule has 2 rings (SSSR count). The summed E-state index contributed by atoms with van der Waals surface area (Å²) in [5, 5.41) is 2.65. The number of rotatable bonds is 6. The Hall–Kier alpha value is -1.82. The minimum absolute atomic E-state index is 0.0455. The second kappa shape index (κ2) is 9.93. The number of hydrogen-bond donors (Lipinski definition) is 1. The van der Waals surface area contributed by atoms with E-state index in [0.717, 1.165) is 35.7 Å². The zero-order valence-corrected chi connectivity index (χ0v) is 17.8. The monoisotopic (exact) mass is 437 g/mol. The number of hydrogen-bond acceptors (Lipinski definition) is 4. The van der Waals surface area contributed by atoms with Crippen LogP contribution in [0.15, 0.2) is 34.8 Å². The summed E-state index contributed by atoms with van der Waals surface area (Å²) in [6.45, 7) is 5.35. The summed E-state index contributed by atoms with van der Waals surface area (Å²) in [6.07, 6.45) is 7.38. The number of ether oxygens (including phenoxy) is 2. The van der Waals surface area contributed by atoms with E-state index in [1.54, 1.807) is 20.8 Å². The van der Waals surface area contributed by atoms with Crippen LogP contribution in [0.25, 0.3) is 6.08 Å². The highest BCUT2D eigenvalue weighted by molar-refractivity contribution is 9.10. The highest BCUT2D eigenvalue weighted by Gasteiger charge is 2.27. The van der Waals surface area contributed by atoms with Gasteiger partial charge in [0.05, 0.1) is 0 Å². The Morgan fingerprint density at radius 2 is 1.85 bits per heavy atom. The lowest BCUT2D eigenvalue weighted by molar-refractivity contribution is -0.151. The van der Waals surface area contributed by atoms with Crippen LogP contribution in [0, 0.1) is 0 Å². The summed E-state index contributed by atoms with van der Waals surface area (Å²) in [4.78, 5) is 24.7. The highest BCUT2D eigenvalue weighted by Crippen LogP contribution is 2.22. The Morgan fingerprint density at radius 3 is 2.44 bits per heavy atom. The molecule has 0 aliphatic heterocycles. The first-order valence-electron chi connectivity index (χ1n) is 9.35. The molecule has 0 bridgehead atoms. The predicted octanol–water partition coefficient (Wildman–Crippen LogP) is 5.23. The third kappa shape index (κ3) is 8.16. The molecule has 1 fully saturated rings. The quantitative estimate of drug-likeness (QED) is 0.618. The van der Waals surface area contributed by atoms with E-state index in [2.05, 4.69) is 21.2 Å². The fourth-order valence-electron chi connectivity index (χ4n) is 2.83. The number of carbonyl (C=O) groups excluding carboxylic acids is 2. The molecule has 0 unspecified atom stereocenters. The molecule has 1 N–H and O–H groups in total. The first-order chi connectivity index (χ1) is 12.7. The molecule has 1 atom stereocenters. The number of esters is 1. The topological polar surface area (TPSA) is 64.6 Å². The van der Waals surface area contributed by atoms with E-state index in [0.29, 0.717) is 6.42 Å². The lowest BCUT2D eigenvalue weighted by Crippen LogP contribution is -2.44. The van der Waals surface area contributed by atoms with Crippen molar-refractivity contribution in [2.45, 2.75) is 70.6 Å². The van der Waals surface area contributed by atoms with Gasteiger partial charge in [0, 0.05) is 4.47 Å². The third-order valence-corrected chi connectivity index (χ3v) is 4.64. The number of amides is 1. The molecule has 1 aliphatic carbocycles. The van der Waals surface area contributed by atoms with Crippen molar-refractivity contribution in [3.8, 4) is 0 Å². The van der Waals surface area contributed by atoms with Gasteiger partial charge in [-0.15, -0.1) is 0 Å². The molecule has 0 spiro atoms. The van der Waals surface area contributed by atoms with E-state index >= 15 is 0 Å². The highest BCUT2D eigenvalue weighted by atomic mass is 79.9. The zero-order chi connectivity index (χ0) is 19.9. The minimum Gasteiger partial charge on any atom is -0.461 e. The molecule has 1 amide bonds. The molecule has 0 saturated heterocycles. The predicted molar refractivity (Wildman–Crippen MR) is 109 cm³/mol. The summed E-state index contributed by atoms with van der Waals surface area (Å²) in [7, 11) is 0. The fraction of sp³-hybridized carbons (Fsp3) is 0.524. The molecule has 27 heavy (non-hydrogen) atoms. The van der Waals surface area contributed by atoms with Gasteiger partial charge in [0.2, 0.25) is 0 Å². The summed E-state index contributed by atoms with van der Waals surface area (Å²) in [5.41, 5.74) is 0.385. The molecule has 1 aliphatic rings. The Morgan fingerprint density at radius 1 is 1.22 bits per heavy atom. The maximum atomic E-state index is 12.6. The third-order valence-electron chi connectivity index (χ3n) is 4.11. The van der Waals surface area contributed by atoms with Gasteiger partial charge in [-0.1, -0.05) is 40.2 Å². The Kier molecular flexibility index (Phi) is 7.90. The van der Waals surface area contributed by atoms with E-state index in [1.807, 2.05) is 36.4 Å². The molecule has 1 saturated carbocycles. The second-order valence-electron chi connectivity index (χ2n) is 7.73. The summed E-state index contributed by atoms with van der Waals surface area (Å²) >= 11 is 3.40. The van der Waals surface area contributed by atoms with Crippen LogP contribution in [0.1, 0.15) is 58.4 Å². The number of halogens is 1. The van der Waals surface area contributed by atoms with Crippen molar-refractivity contribution in [1.29, 1.82) is 0 Å². The van der Waals surface area contributed by atoms with E-state index < -0.39 is 23.7 Å². The van der Waals surface area contributed by atoms with Crippen molar-refractivity contribution >= 4 is 34.1 Å². The van der Waals surface area contributed by atoms with Crippen LogP contribution >= 0.6 is 15.9 Å². The molecule has 1 aromatic rings. The van der Waals surface area contributed by atoms with Crippen LogP contribution in [0.5, 0.6) is 0 Å². The maximum absolute atomic E-state index is 12.6. The second-order valence-corrected chi connectivity index (χ2v) is 8.65. The van der Waals surface area contributed by atoms with E-state index in [4.69, 9.17) is 9.47 Å². The number of benzene rings is 1. The van der Waals surface area contributed by atoms with Crippen LogP contribution in [0.4, 0.5) is 4.79 Å².